The zero-order chi connectivity index (χ0) is 21.5. The van der Waals surface area contributed by atoms with Crippen molar-refractivity contribution in [3.05, 3.63) is 81.9 Å². The second-order valence-electron chi connectivity index (χ2n) is 7.23. The first kappa shape index (κ1) is 19.2. The standard InChI is InChI=1S/C22H18ClN7O/c1-12-4-3-5-16-29-18(13(2)28-21-19-20(25-10-24-19)26-11-27-21)17(22(31)30(12)16)14-6-8-15(23)9-7-14/h3-11,13H,1-2H3,(H2,24,25,26,27,28). The molecule has 4 aromatic heterocycles. The number of aryl methyl sites for hydroxylation is 1. The van der Waals surface area contributed by atoms with Crippen LogP contribution in [0.3, 0.4) is 0 Å². The number of aromatic amines is 1. The van der Waals surface area contributed by atoms with Gasteiger partial charge in [-0.3, -0.25) is 9.20 Å². The van der Waals surface area contributed by atoms with Gasteiger partial charge < -0.3 is 10.3 Å². The van der Waals surface area contributed by atoms with Crippen LogP contribution in [0.4, 0.5) is 5.82 Å². The number of nitrogens with one attached hydrogen (secondary N) is 2. The molecule has 1 atom stereocenters. The fraction of sp³-hybridized carbons (Fsp3) is 0.136. The number of nitrogens with zero attached hydrogens (tertiary/aromatic N) is 5. The Labute approximate surface area is 182 Å². The van der Waals surface area contributed by atoms with Crippen molar-refractivity contribution < 1.29 is 0 Å². The van der Waals surface area contributed by atoms with E-state index in [0.717, 1.165) is 11.3 Å². The first-order chi connectivity index (χ1) is 15.0. The van der Waals surface area contributed by atoms with Crippen molar-refractivity contribution in [2.45, 2.75) is 19.9 Å². The molecule has 2 N–H and O–H groups in total. The Morgan fingerprint density at radius 2 is 1.90 bits per heavy atom. The maximum atomic E-state index is 13.6. The molecule has 0 spiro atoms. The minimum atomic E-state index is -0.335. The van der Waals surface area contributed by atoms with E-state index in [2.05, 4.69) is 25.3 Å². The highest BCUT2D eigenvalue weighted by Crippen LogP contribution is 2.29. The molecule has 0 fully saturated rings. The molecule has 0 bridgehead atoms. The fourth-order valence-corrected chi connectivity index (χ4v) is 3.83. The lowest BCUT2D eigenvalue weighted by Gasteiger charge is -2.19. The molecule has 8 nitrogen and oxygen atoms in total. The quantitative estimate of drug-likeness (QED) is 0.443. The van der Waals surface area contributed by atoms with E-state index in [0.29, 0.717) is 38.9 Å². The summed E-state index contributed by atoms with van der Waals surface area (Å²) >= 11 is 6.08. The van der Waals surface area contributed by atoms with Crippen molar-refractivity contribution in [1.29, 1.82) is 0 Å². The molecule has 0 aliphatic rings. The van der Waals surface area contributed by atoms with E-state index in [4.69, 9.17) is 16.6 Å². The Bertz CT molecular complexity index is 1470. The van der Waals surface area contributed by atoms with Gasteiger partial charge in [0.1, 0.15) is 17.5 Å². The lowest BCUT2D eigenvalue weighted by molar-refractivity contribution is 0.821. The summed E-state index contributed by atoms with van der Waals surface area (Å²) in [5, 5.41) is 3.95. The van der Waals surface area contributed by atoms with Gasteiger partial charge >= 0.3 is 0 Å². The number of rotatable bonds is 4. The van der Waals surface area contributed by atoms with Crippen LogP contribution in [-0.2, 0) is 0 Å². The molecule has 154 valence electrons. The van der Waals surface area contributed by atoms with Crippen LogP contribution >= 0.6 is 11.6 Å². The number of pyridine rings is 1. The third-order valence-electron chi connectivity index (χ3n) is 5.19. The van der Waals surface area contributed by atoms with Crippen molar-refractivity contribution >= 4 is 34.2 Å². The van der Waals surface area contributed by atoms with Gasteiger partial charge in [-0.05, 0) is 43.7 Å². The van der Waals surface area contributed by atoms with E-state index < -0.39 is 0 Å². The van der Waals surface area contributed by atoms with Crippen LogP contribution in [0.5, 0.6) is 0 Å². The summed E-state index contributed by atoms with van der Waals surface area (Å²) in [5.74, 6) is 0.562. The monoisotopic (exact) mass is 431 g/mol. The predicted molar refractivity (Wildman–Crippen MR) is 120 cm³/mol. The summed E-state index contributed by atoms with van der Waals surface area (Å²) in [5.41, 5.74) is 4.37. The molecule has 0 radical (unpaired) electrons. The minimum absolute atomic E-state index is 0.137. The molecule has 0 saturated carbocycles. The van der Waals surface area contributed by atoms with Crippen LogP contribution < -0.4 is 10.9 Å². The van der Waals surface area contributed by atoms with E-state index in [-0.39, 0.29) is 11.6 Å². The molecular weight excluding hydrogens is 414 g/mol. The summed E-state index contributed by atoms with van der Waals surface area (Å²) in [7, 11) is 0. The van der Waals surface area contributed by atoms with Crippen LogP contribution in [0, 0.1) is 6.92 Å². The molecule has 1 unspecified atom stereocenters. The SMILES string of the molecule is Cc1cccc2nc(C(C)Nc3ncnc4[nH]cnc34)c(-c3ccc(Cl)cc3)c(=O)n12. The third kappa shape index (κ3) is 3.30. The van der Waals surface area contributed by atoms with Gasteiger partial charge in [0.15, 0.2) is 11.5 Å². The molecule has 0 aliphatic heterocycles. The smallest absolute Gasteiger partial charge is 0.266 e. The zero-order valence-electron chi connectivity index (χ0n) is 16.8. The van der Waals surface area contributed by atoms with Crippen LogP contribution in [0.15, 0.2) is 59.9 Å². The van der Waals surface area contributed by atoms with E-state index in [1.165, 1.54) is 6.33 Å². The number of hydrogen-bond donors (Lipinski definition) is 2. The third-order valence-corrected chi connectivity index (χ3v) is 5.44. The fourth-order valence-electron chi connectivity index (χ4n) is 3.70. The average Bonchev–Trinajstić information content (AvgIpc) is 3.24. The molecule has 9 heteroatoms. The van der Waals surface area contributed by atoms with Crippen molar-refractivity contribution in [2.75, 3.05) is 5.32 Å². The summed E-state index contributed by atoms with van der Waals surface area (Å²) < 4.78 is 1.62. The van der Waals surface area contributed by atoms with Gasteiger partial charge in [-0.15, -0.1) is 0 Å². The summed E-state index contributed by atoms with van der Waals surface area (Å²) in [6.45, 7) is 3.83. The van der Waals surface area contributed by atoms with Gasteiger partial charge in [0.05, 0.1) is 23.6 Å². The number of aromatic nitrogens is 6. The number of benzene rings is 1. The highest BCUT2D eigenvalue weighted by molar-refractivity contribution is 6.30. The predicted octanol–water partition coefficient (Wildman–Crippen LogP) is 4.16. The Morgan fingerprint density at radius 1 is 1.10 bits per heavy atom. The van der Waals surface area contributed by atoms with E-state index in [1.807, 2.05) is 44.2 Å². The van der Waals surface area contributed by atoms with Crippen molar-refractivity contribution in [3.63, 3.8) is 0 Å². The largest absolute Gasteiger partial charge is 0.360 e. The topological polar surface area (TPSA) is 101 Å². The molecule has 4 heterocycles. The van der Waals surface area contributed by atoms with Crippen molar-refractivity contribution in [3.8, 4) is 11.1 Å². The highest BCUT2D eigenvalue weighted by Gasteiger charge is 2.21. The normalized spacial score (nSPS) is 12.4. The highest BCUT2D eigenvalue weighted by atomic mass is 35.5. The Kier molecular flexibility index (Phi) is 4.63. The second-order valence-corrected chi connectivity index (χ2v) is 7.67. The van der Waals surface area contributed by atoms with Gasteiger partial charge in [0.25, 0.3) is 5.56 Å². The van der Waals surface area contributed by atoms with E-state index >= 15 is 0 Å². The van der Waals surface area contributed by atoms with Crippen LogP contribution in [0.1, 0.15) is 24.4 Å². The Balaban J connectivity index is 1.71. The maximum absolute atomic E-state index is 13.6. The maximum Gasteiger partial charge on any atom is 0.266 e. The number of imidazole rings is 1. The lowest BCUT2D eigenvalue weighted by Crippen LogP contribution is -2.24. The number of fused-ring (bicyclic) bond motifs is 2. The number of hydrogen-bond acceptors (Lipinski definition) is 6. The zero-order valence-corrected chi connectivity index (χ0v) is 17.6. The second kappa shape index (κ2) is 7.48. The first-order valence-corrected chi connectivity index (χ1v) is 10.1. The van der Waals surface area contributed by atoms with Crippen LogP contribution in [0.25, 0.3) is 27.9 Å². The molecule has 5 aromatic rings. The van der Waals surface area contributed by atoms with Gasteiger partial charge in [0, 0.05) is 10.7 Å². The molecule has 31 heavy (non-hydrogen) atoms. The molecule has 1 aromatic carbocycles. The number of halogens is 1. The molecule has 0 saturated heterocycles. The van der Waals surface area contributed by atoms with Crippen molar-refractivity contribution in [2.24, 2.45) is 0 Å². The summed E-state index contributed by atoms with van der Waals surface area (Å²) in [4.78, 5) is 34.2. The summed E-state index contributed by atoms with van der Waals surface area (Å²) in [6, 6.07) is 12.5. The van der Waals surface area contributed by atoms with Gasteiger partial charge in [-0.2, -0.15) is 0 Å². The van der Waals surface area contributed by atoms with Crippen LogP contribution in [-0.4, -0.2) is 29.3 Å². The minimum Gasteiger partial charge on any atom is -0.360 e. The van der Waals surface area contributed by atoms with Gasteiger partial charge in [0.2, 0.25) is 0 Å². The molecule has 0 aliphatic carbocycles. The summed E-state index contributed by atoms with van der Waals surface area (Å²) in [6.07, 6.45) is 3.03. The van der Waals surface area contributed by atoms with Gasteiger partial charge in [-0.25, -0.2) is 19.9 Å². The van der Waals surface area contributed by atoms with Crippen LogP contribution in [0.2, 0.25) is 5.02 Å². The van der Waals surface area contributed by atoms with Gasteiger partial charge in [-0.1, -0.05) is 29.8 Å². The average molecular weight is 432 g/mol. The van der Waals surface area contributed by atoms with E-state index in [1.54, 1.807) is 22.9 Å². The first-order valence-electron chi connectivity index (χ1n) is 9.72. The Morgan fingerprint density at radius 3 is 2.71 bits per heavy atom. The number of anilines is 1. The van der Waals surface area contributed by atoms with Crippen molar-refractivity contribution in [1.82, 2.24) is 29.3 Å². The molecular formula is C22H18ClN7O. The van der Waals surface area contributed by atoms with E-state index in [9.17, 15) is 4.79 Å². The Hall–Kier alpha value is -3.78. The molecule has 5 rings (SSSR count). The molecule has 0 amide bonds. The lowest BCUT2D eigenvalue weighted by atomic mass is 10.0. The number of H-pyrrole nitrogens is 1.